The highest BCUT2D eigenvalue weighted by molar-refractivity contribution is 5.90. The Morgan fingerprint density at radius 3 is 2.36 bits per heavy atom. The van der Waals surface area contributed by atoms with Gasteiger partial charge in [-0.2, -0.15) is 4.98 Å². The summed E-state index contributed by atoms with van der Waals surface area (Å²) in [5.74, 6) is -0.523. The molecule has 0 bridgehead atoms. The monoisotopic (exact) mass is 624 g/mol. The molecule has 3 aromatic rings. The summed E-state index contributed by atoms with van der Waals surface area (Å²) in [4.78, 5) is 27.6. The lowest BCUT2D eigenvalue weighted by Gasteiger charge is -2.41. The molecule has 3 heterocycles. The van der Waals surface area contributed by atoms with Crippen LogP contribution < -0.4 is 20.3 Å². The van der Waals surface area contributed by atoms with Crippen LogP contribution in [-0.4, -0.2) is 58.3 Å². The van der Waals surface area contributed by atoms with Crippen LogP contribution in [-0.2, 0) is 4.74 Å². The summed E-state index contributed by atoms with van der Waals surface area (Å²) in [6.07, 6.45) is -5.24. The first-order valence-corrected chi connectivity index (χ1v) is 14.2. The molecule has 1 amide bonds. The van der Waals surface area contributed by atoms with Gasteiger partial charge in [0.2, 0.25) is 5.88 Å². The molecule has 0 spiro atoms. The zero-order valence-corrected chi connectivity index (χ0v) is 25.5. The summed E-state index contributed by atoms with van der Waals surface area (Å²) in [5, 5.41) is 6.42. The van der Waals surface area contributed by atoms with Crippen LogP contribution in [0.4, 0.5) is 38.3 Å². The maximum absolute atomic E-state index is 14.9. The number of alkyl halides is 4. The molecule has 14 heteroatoms. The van der Waals surface area contributed by atoms with E-state index in [1.165, 1.54) is 12.1 Å². The van der Waals surface area contributed by atoms with Gasteiger partial charge < -0.3 is 25.0 Å². The largest absolute Gasteiger partial charge is 0.470 e. The molecule has 1 fully saturated rings. The quantitative estimate of drug-likeness (QED) is 0.243. The summed E-state index contributed by atoms with van der Waals surface area (Å²) < 4.78 is 78.7. The van der Waals surface area contributed by atoms with E-state index in [0.29, 0.717) is 37.0 Å². The van der Waals surface area contributed by atoms with Crippen molar-refractivity contribution in [3.05, 3.63) is 47.0 Å². The number of hydrogen-bond acceptors (Lipinski definition) is 8. The summed E-state index contributed by atoms with van der Waals surface area (Å²) >= 11 is 0. The van der Waals surface area contributed by atoms with E-state index in [9.17, 15) is 26.7 Å². The molecule has 4 rings (SSSR count). The molecule has 1 aliphatic heterocycles. The number of aryl methyl sites for hydroxylation is 1. The fourth-order valence-corrected chi connectivity index (χ4v) is 4.99. The van der Waals surface area contributed by atoms with E-state index >= 15 is 0 Å². The van der Waals surface area contributed by atoms with Crippen molar-refractivity contribution in [1.29, 1.82) is 0 Å². The van der Waals surface area contributed by atoms with Gasteiger partial charge in [0.05, 0.1) is 17.0 Å². The fourth-order valence-electron chi connectivity index (χ4n) is 4.99. The number of hydrogen-bond donors (Lipinski definition) is 2. The molecular weight excluding hydrogens is 587 g/mol. The number of nitrogens with zero attached hydrogens (tertiary/aromatic N) is 4. The first kappa shape index (κ1) is 32.9. The van der Waals surface area contributed by atoms with Crippen molar-refractivity contribution in [3.8, 4) is 5.88 Å². The molecule has 0 aliphatic carbocycles. The molecule has 1 saturated heterocycles. The minimum absolute atomic E-state index is 0.0186. The molecule has 1 aliphatic rings. The first-order valence-electron chi connectivity index (χ1n) is 14.2. The minimum atomic E-state index is -2.98. The Labute approximate surface area is 252 Å². The van der Waals surface area contributed by atoms with Crippen LogP contribution in [0.2, 0.25) is 0 Å². The number of benzene rings is 1. The van der Waals surface area contributed by atoms with Crippen molar-refractivity contribution in [2.45, 2.75) is 84.4 Å². The highest BCUT2D eigenvalue weighted by atomic mass is 19.3. The van der Waals surface area contributed by atoms with Gasteiger partial charge in [-0.1, -0.05) is 18.2 Å². The molecule has 0 radical (unpaired) electrons. The number of nitrogens with one attached hydrogen (secondary N) is 2. The fraction of sp³-hybridized carbons (Fsp3) is 0.533. The second-order valence-electron chi connectivity index (χ2n) is 12.1. The Balaban J connectivity index is 1.66. The number of carbonyl (C=O) groups excluding carboxylic acids is 1. The summed E-state index contributed by atoms with van der Waals surface area (Å²) in [5.41, 5.74) is -1.36. The van der Waals surface area contributed by atoms with Crippen LogP contribution in [0.25, 0.3) is 11.0 Å². The maximum Gasteiger partial charge on any atom is 0.408 e. The third-order valence-corrected chi connectivity index (χ3v) is 7.21. The van der Waals surface area contributed by atoms with Crippen LogP contribution in [0.15, 0.2) is 24.3 Å². The van der Waals surface area contributed by atoms with E-state index in [-0.39, 0.29) is 28.7 Å². The average Bonchev–Trinajstić information content (AvgIpc) is 2.90. The number of anilines is 2. The lowest BCUT2D eigenvalue weighted by molar-refractivity contribution is 0.0448. The Morgan fingerprint density at radius 1 is 1.09 bits per heavy atom. The van der Waals surface area contributed by atoms with Gasteiger partial charge in [0.1, 0.15) is 28.7 Å². The van der Waals surface area contributed by atoms with Crippen molar-refractivity contribution in [3.63, 3.8) is 0 Å². The molecule has 240 valence electrons. The number of halogens is 5. The minimum Gasteiger partial charge on any atom is -0.470 e. The third-order valence-electron chi connectivity index (χ3n) is 7.21. The van der Waals surface area contributed by atoms with E-state index in [1.54, 1.807) is 40.7 Å². The Hall–Kier alpha value is -3.97. The molecule has 2 N–H and O–H groups in total. The lowest BCUT2D eigenvalue weighted by atomic mass is 9.89. The van der Waals surface area contributed by atoms with Gasteiger partial charge in [-0.05, 0) is 60.5 Å². The maximum atomic E-state index is 14.9. The van der Waals surface area contributed by atoms with Crippen LogP contribution in [0, 0.1) is 12.7 Å². The molecule has 9 nitrogen and oxygen atoms in total. The topological polar surface area (TPSA) is 102 Å². The summed E-state index contributed by atoms with van der Waals surface area (Å²) in [7, 11) is 0. The van der Waals surface area contributed by atoms with E-state index in [4.69, 9.17) is 9.47 Å². The van der Waals surface area contributed by atoms with Gasteiger partial charge in [0, 0.05) is 24.2 Å². The molecule has 44 heavy (non-hydrogen) atoms. The van der Waals surface area contributed by atoms with Crippen LogP contribution in [0.3, 0.4) is 0 Å². The highest BCUT2D eigenvalue weighted by Gasteiger charge is 2.34. The van der Waals surface area contributed by atoms with Crippen LogP contribution >= 0.6 is 0 Å². The molecular formula is C30H37F5N6O3. The zero-order chi connectivity index (χ0) is 32.4. The van der Waals surface area contributed by atoms with Crippen molar-refractivity contribution in [1.82, 2.24) is 20.3 Å². The van der Waals surface area contributed by atoms with Gasteiger partial charge in [0.25, 0.3) is 12.9 Å². The number of alkyl carbamates (subject to hydrolysis) is 1. The van der Waals surface area contributed by atoms with Gasteiger partial charge in [-0.15, -0.1) is 0 Å². The SMILES string of the molecule is Cc1nc(N[C@H](C)c2cccc(C(F)F)c2F)c2cc(N3CCC(C)(NC(=O)OC(C)(C)C)CC3)c(OCC(F)F)nc2n1. The highest BCUT2D eigenvalue weighted by Crippen LogP contribution is 2.37. The third kappa shape index (κ3) is 7.94. The molecule has 1 aromatic carbocycles. The van der Waals surface area contributed by atoms with E-state index in [2.05, 4.69) is 25.6 Å². The first-order chi connectivity index (χ1) is 20.5. The van der Waals surface area contributed by atoms with E-state index < -0.39 is 54.1 Å². The normalized spacial score (nSPS) is 15.9. The smallest absolute Gasteiger partial charge is 0.408 e. The Morgan fingerprint density at radius 2 is 1.75 bits per heavy atom. The predicted molar refractivity (Wildman–Crippen MR) is 156 cm³/mol. The van der Waals surface area contributed by atoms with Crippen LogP contribution in [0.1, 0.15) is 76.9 Å². The number of piperidine rings is 1. The summed E-state index contributed by atoms with van der Waals surface area (Å²) in [6.45, 7) is 10.4. The van der Waals surface area contributed by atoms with E-state index in [0.717, 1.165) is 6.07 Å². The van der Waals surface area contributed by atoms with Crippen molar-refractivity contribution in [2.75, 3.05) is 29.9 Å². The number of amides is 1. The average molecular weight is 625 g/mol. The van der Waals surface area contributed by atoms with Gasteiger partial charge in [0.15, 0.2) is 12.3 Å². The number of ether oxygens (including phenoxy) is 2. The molecule has 0 saturated carbocycles. The van der Waals surface area contributed by atoms with E-state index in [1.807, 2.05) is 11.8 Å². The Bertz CT molecular complexity index is 1490. The van der Waals surface area contributed by atoms with Crippen molar-refractivity contribution in [2.24, 2.45) is 0 Å². The van der Waals surface area contributed by atoms with Crippen LogP contribution in [0.5, 0.6) is 5.88 Å². The van der Waals surface area contributed by atoms with Gasteiger partial charge in [-0.25, -0.2) is 36.7 Å². The van der Waals surface area contributed by atoms with Gasteiger partial charge >= 0.3 is 6.09 Å². The molecule has 1 atom stereocenters. The number of aromatic nitrogens is 3. The van der Waals surface area contributed by atoms with Crippen molar-refractivity contribution < 1.29 is 36.2 Å². The predicted octanol–water partition coefficient (Wildman–Crippen LogP) is 7.11. The lowest BCUT2D eigenvalue weighted by Crippen LogP contribution is -2.54. The van der Waals surface area contributed by atoms with Crippen molar-refractivity contribution >= 4 is 28.6 Å². The second kappa shape index (κ2) is 12.9. The van der Waals surface area contributed by atoms with Gasteiger partial charge in [-0.3, -0.25) is 0 Å². The molecule has 2 aromatic heterocycles. The number of carbonyl (C=O) groups is 1. The second-order valence-corrected chi connectivity index (χ2v) is 12.1. The Kier molecular flexibility index (Phi) is 9.69. The number of pyridine rings is 1. The number of rotatable bonds is 9. The number of fused-ring (bicyclic) bond motifs is 1. The standard InChI is InChI=1S/C30H37F5N6O3/c1-16(18-8-7-9-19(23(18)33)24(34)35)36-25-20-14-21(27(43-15-22(31)32)39-26(20)38-17(2)37-25)41-12-10-30(6,11-13-41)40-28(42)44-29(3,4)5/h7-9,14,16,22,24H,10-13,15H2,1-6H3,(H,40,42)(H,36,37,38,39)/t16-/m1/s1. The molecule has 0 unspecified atom stereocenters. The summed E-state index contributed by atoms with van der Waals surface area (Å²) in [6, 6.07) is 4.68. The zero-order valence-electron chi connectivity index (χ0n) is 25.5.